The van der Waals surface area contributed by atoms with Crippen LogP contribution < -0.4 is 9.64 Å². The fourth-order valence-corrected chi connectivity index (χ4v) is 3.76. The molecule has 2 aromatic heterocycles. The highest BCUT2D eigenvalue weighted by atomic mass is 79.9. The average molecular weight is 446 g/mol. The number of hydrogen-bond acceptors (Lipinski definition) is 5. The Morgan fingerprint density at radius 1 is 1.22 bits per heavy atom. The van der Waals surface area contributed by atoms with Gasteiger partial charge in [-0.15, -0.1) is 11.3 Å². The van der Waals surface area contributed by atoms with Crippen LogP contribution in [-0.4, -0.2) is 29.0 Å². The average Bonchev–Trinajstić information content (AvgIpc) is 3.13. The number of anilines is 1. The summed E-state index contributed by atoms with van der Waals surface area (Å²) in [4.78, 5) is 23.4. The molecule has 0 radical (unpaired) electrons. The highest BCUT2D eigenvalue weighted by Crippen LogP contribution is 2.32. The molecular formula is C20H20BrN3O2S. The molecule has 0 saturated carbocycles. The first kappa shape index (κ1) is 19.5. The number of ether oxygens (including phenoxy) is 1. The molecule has 5 nitrogen and oxygen atoms in total. The van der Waals surface area contributed by atoms with Gasteiger partial charge < -0.3 is 4.74 Å². The smallest absolute Gasteiger partial charge is 0.234 e. The van der Waals surface area contributed by atoms with E-state index in [0.717, 1.165) is 26.5 Å². The normalized spacial score (nSPS) is 10.6. The molecule has 0 aliphatic heterocycles. The third kappa shape index (κ3) is 4.73. The van der Waals surface area contributed by atoms with Crippen LogP contribution in [0.5, 0.6) is 5.75 Å². The van der Waals surface area contributed by atoms with Gasteiger partial charge in [-0.25, -0.2) is 9.97 Å². The number of halogens is 1. The number of para-hydroxylation sites is 1. The van der Waals surface area contributed by atoms with Crippen molar-refractivity contribution in [3.63, 3.8) is 0 Å². The summed E-state index contributed by atoms with van der Waals surface area (Å²) in [5.74, 6) is 1.42. The first-order valence-corrected chi connectivity index (χ1v) is 10.4. The maximum Gasteiger partial charge on any atom is 0.234 e. The summed E-state index contributed by atoms with van der Waals surface area (Å²) in [6, 6.07) is 11.5. The Hall–Kier alpha value is -2.25. The van der Waals surface area contributed by atoms with Crippen LogP contribution >= 0.6 is 27.3 Å². The van der Waals surface area contributed by atoms with E-state index in [9.17, 15) is 4.79 Å². The van der Waals surface area contributed by atoms with Gasteiger partial charge in [0.1, 0.15) is 16.6 Å². The van der Waals surface area contributed by atoms with Crippen LogP contribution in [0.1, 0.15) is 19.5 Å². The summed E-state index contributed by atoms with van der Waals surface area (Å²) < 4.78 is 6.57. The van der Waals surface area contributed by atoms with Gasteiger partial charge in [0, 0.05) is 22.6 Å². The molecule has 0 aliphatic carbocycles. The fourth-order valence-electron chi connectivity index (χ4n) is 2.68. The lowest BCUT2D eigenvalue weighted by Crippen LogP contribution is -2.32. The number of rotatable bonds is 7. The molecule has 0 atom stereocenters. The Balaban J connectivity index is 1.77. The molecule has 3 aromatic rings. The van der Waals surface area contributed by atoms with E-state index in [1.54, 1.807) is 11.1 Å². The number of carbonyl (C=O) groups is 1. The number of amides is 1. The molecular weight excluding hydrogens is 426 g/mol. The summed E-state index contributed by atoms with van der Waals surface area (Å²) in [5.41, 5.74) is 1.70. The van der Waals surface area contributed by atoms with Crippen molar-refractivity contribution >= 4 is 39.0 Å². The monoisotopic (exact) mass is 445 g/mol. The number of hydrogen-bond donors (Lipinski definition) is 0. The van der Waals surface area contributed by atoms with Gasteiger partial charge in [0.2, 0.25) is 5.91 Å². The zero-order valence-corrected chi connectivity index (χ0v) is 17.6. The van der Waals surface area contributed by atoms with E-state index in [4.69, 9.17) is 4.74 Å². The van der Waals surface area contributed by atoms with Gasteiger partial charge >= 0.3 is 0 Å². The Kier molecular flexibility index (Phi) is 6.58. The second-order valence-electron chi connectivity index (χ2n) is 5.72. The summed E-state index contributed by atoms with van der Waals surface area (Å²) in [7, 11) is 0. The highest BCUT2D eigenvalue weighted by molar-refractivity contribution is 9.10. The van der Waals surface area contributed by atoms with Gasteiger partial charge in [-0.2, -0.15) is 0 Å². The third-order valence-electron chi connectivity index (χ3n) is 3.91. The zero-order valence-electron chi connectivity index (χ0n) is 15.2. The van der Waals surface area contributed by atoms with Crippen molar-refractivity contribution < 1.29 is 9.53 Å². The van der Waals surface area contributed by atoms with Crippen LogP contribution in [0.2, 0.25) is 0 Å². The molecule has 0 unspecified atom stereocenters. The summed E-state index contributed by atoms with van der Waals surface area (Å²) >= 11 is 4.88. The first-order chi connectivity index (χ1) is 13.1. The van der Waals surface area contributed by atoms with Gasteiger partial charge in [-0.3, -0.25) is 9.69 Å². The molecule has 140 valence electrons. The number of pyridine rings is 1. The van der Waals surface area contributed by atoms with Crippen LogP contribution in [0.25, 0.3) is 10.6 Å². The largest absolute Gasteiger partial charge is 0.493 e. The van der Waals surface area contributed by atoms with Gasteiger partial charge in [0.05, 0.1) is 24.3 Å². The van der Waals surface area contributed by atoms with Gasteiger partial charge in [0.25, 0.3) is 0 Å². The van der Waals surface area contributed by atoms with Crippen LogP contribution in [-0.2, 0) is 11.2 Å². The third-order valence-corrected chi connectivity index (χ3v) is 5.30. The van der Waals surface area contributed by atoms with Crippen molar-refractivity contribution in [1.29, 1.82) is 0 Å². The Morgan fingerprint density at radius 2 is 2.04 bits per heavy atom. The van der Waals surface area contributed by atoms with E-state index in [0.29, 0.717) is 19.0 Å². The summed E-state index contributed by atoms with van der Waals surface area (Å²) in [6.07, 6.45) is 1.93. The summed E-state index contributed by atoms with van der Waals surface area (Å²) in [6.45, 7) is 5.04. The Bertz CT molecular complexity index is 912. The number of thiazole rings is 1. The molecule has 27 heavy (non-hydrogen) atoms. The number of likely N-dealkylation sites (N-methyl/N-ethyl adjacent to an activating group) is 1. The topological polar surface area (TPSA) is 55.3 Å². The Morgan fingerprint density at radius 3 is 2.74 bits per heavy atom. The number of carbonyl (C=O) groups excluding carboxylic acids is 1. The fraction of sp³-hybridized carbons (Fsp3) is 0.250. The lowest BCUT2D eigenvalue weighted by molar-refractivity contribution is -0.118. The van der Waals surface area contributed by atoms with Crippen LogP contribution in [0.3, 0.4) is 0 Å². The molecule has 2 heterocycles. The van der Waals surface area contributed by atoms with Crippen LogP contribution in [0, 0.1) is 0 Å². The first-order valence-electron chi connectivity index (χ1n) is 8.70. The van der Waals surface area contributed by atoms with E-state index >= 15 is 0 Å². The van der Waals surface area contributed by atoms with E-state index in [1.807, 2.05) is 55.6 Å². The predicted octanol–water partition coefficient (Wildman–Crippen LogP) is 4.96. The molecule has 1 amide bonds. The van der Waals surface area contributed by atoms with E-state index < -0.39 is 0 Å². The van der Waals surface area contributed by atoms with Crippen molar-refractivity contribution in [2.24, 2.45) is 0 Å². The minimum atomic E-state index is -0.0257. The maximum atomic E-state index is 12.8. The number of nitrogens with zero attached hydrogens (tertiary/aromatic N) is 3. The lowest BCUT2D eigenvalue weighted by atomic mass is 10.2. The maximum absolute atomic E-state index is 12.8. The highest BCUT2D eigenvalue weighted by Gasteiger charge is 2.18. The standard InChI is InChI=1S/C20H20BrN3O2S/c1-3-24(18-10-9-14(21)12-22-18)19(25)11-15-13-27-20(23-15)16-7-5-6-8-17(16)26-4-2/h5-10,12-13H,3-4,11H2,1-2H3. The SMILES string of the molecule is CCOc1ccccc1-c1nc(CC(=O)N(CC)c2ccc(Br)cn2)cs1. The Labute approximate surface area is 171 Å². The van der Waals surface area contributed by atoms with Crippen molar-refractivity contribution in [1.82, 2.24) is 9.97 Å². The quantitative estimate of drug-likeness (QED) is 0.515. The van der Waals surface area contributed by atoms with Crippen molar-refractivity contribution in [2.45, 2.75) is 20.3 Å². The molecule has 0 spiro atoms. The van der Waals surface area contributed by atoms with Gasteiger partial charge in [-0.05, 0) is 54.0 Å². The van der Waals surface area contributed by atoms with Crippen molar-refractivity contribution in [2.75, 3.05) is 18.1 Å². The molecule has 3 rings (SSSR count). The lowest BCUT2D eigenvalue weighted by Gasteiger charge is -2.19. The van der Waals surface area contributed by atoms with E-state index in [2.05, 4.69) is 25.9 Å². The number of aromatic nitrogens is 2. The zero-order chi connectivity index (χ0) is 19.2. The molecule has 0 N–H and O–H groups in total. The summed E-state index contributed by atoms with van der Waals surface area (Å²) in [5, 5.41) is 2.78. The van der Waals surface area contributed by atoms with E-state index in [-0.39, 0.29) is 12.3 Å². The molecule has 1 aromatic carbocycles. The van der Waals surface area contributed by atoms with E-state index in [1.165, 1.54) is 11.3 Å². The minimum absolute atomic E-state index is 0.0257. The predicted molar refractivity (Wildman–Crippen MR) is 112 cm³/mol. The molecule has 0 saturated heterocycles. The number of benzene rings is 1. The second-order valence-corrected chi connectivity index (χ2v) is 7.50. The van der Waals surface area contributed by atoms with Crippen molar-refractivity contribution in [3.05, 3.63) is 58.1 Å². The van der Waals surface area contributed by atoms with Crippen LogP contribution in [0.15, 0.2) is 52.4 Å². The minimum Gasteiger partial charge on any atom is -0.493 e. The van der Waals surface area contributed by atoms with Crippen LogP contribution in [0.4, 0.5) is 5.82 Å². The molecule has 0 aliphatic rings. The molecule has 7 heteroatoms. The molecule has 0 fully saturated rings. The second kappa shape index (κ2) is 9.10. The molecule has 0 bridgehead atoms. The van der Waals surface area contributed by atoms with Crippen molar-refractivity contribution in [3.8, 4) is 16.3 Å². The van der Waals surface area contributed by atoms with Gasteiger partial charge in [-0.1, -0.05) is 12.1 Å². The van der Waals surface area contributed by atoms with Gasteiger partial charge in [0.15, 0.2) is 0 Å².